The zero-order chi connectivity index (χ0) is 18.4. The largest absolute Gasteiger partial charge is 0.350 e. The first-order valence-corrected chi connectivity index (χ1v) is 8.25. The summed E-state index contributed by atoms with van der Waals surface area (Å²) in [5.41, 5.74) is 0.881. The van der Waals surface area contributed by atoms with Gasteiger partial charge in [0.25, 0.3) is 11.5 Å². The van der Waals surface area contributed by atoms with E-state index < -0.39 is 23.3 Å². The van der Waals surface area contributed by atoms with E-state index in [2.05, 4.69) is 5.32 Å². The fourth-order valence-electron chi connectivity index (χ4n) is 2.67. The van der Waals surface area contributed by atoms with Crippen LogP contribution in [0.1, 0.15) is 22.0 Å². The number of ketones is 1. The van der Waals surface area contributed by atoms with Crippen LogP contribution in [0.25, 0.3) is 0 Å². The monoisotopic (exact) mass is 346 g/mol. The van der Waals surface area contributed by atoms with Gasteiger partial charge in [0, 0.05) is 24.4 Å². The van der Waals surface area contributed by atoms with Crippen molar-refractivity contribution in [2.45, 2.75) is 12.6 Å². The molecule has 130 valence electrons. The fourth-order valence-corrected chi connectivity index (χ4v) is 2.67. The lowest BCUT2D eigenvalue weighted by molar-refractivity contribution is -0.123. The summed E-state index contributed by atoms with van der Waals surface area (Å²) in [6.07, 6.45) is 1.45. The lowest BCUT2D eigenvalue weighted by Crippen LogP contribution is -2.41. The molecule has 5 nitrogen and oxygen atoms in total. The molecule has 0 spiro atoms. The normalized spacial score (nSPS) is 11.5. The molecule has 0 saturated carbocycles. The van der Waals surface area contributed by atoms with Crippen molar-refractivity contribution in [3.8, 4) is 0 Å². The number of nitrogens with one attached hydrogen (secondary N) is 1. The number of hydrogen-bond donors (Lipinski definition) is 1. The standard InChI is InChI=1S/C21H18N2O3/c24-18-13-7-8-14-23(18)19(20(25)17-11-5-2-6-12-17)21(26)22-15-16-9-3-1-4-10-16/h1-14,19H,15H2,(H,22,26)/t19-/m0/s1. The van der Waals surface area contributed by atoms with E-state index in [-0.39, 0.29) is 6.54 Å². The van der Waals surface area contributed by atoms with Crippen molar-refractivity contribution < 1.29 is 9.59 Å². The second kappa shape index (κ2) is 8.07. The van der Waals surface area contributed by atoms with Gasteiger partial charge in [-0.25, -0.2) is 0 Å². The van der Waals surface area contributed by atoms with Crippen LogP contribution >= 0.6 is 0 Å². The second-order valence-corrected chi connectivity index (χ2v) is 5.78. The summed E-state index contributed by atoms with van der Waals surface area (Å²) >= 11 is 0. The minimum absolute atomic E-state index is 0.278. The van der Waals surface area contributed by atoms with Crippen LogP contribution in [-0.2, 0) is 11.3 Å². The third kappa shape index (κ3) is 3.95. The minimum atomic E-state index is -1.25. The Bertz CT molecular complexity index is 950. The van der Waals surface area contributed by atoms with E-state index in [1.54, 1.807) is 42.5 Å². The molecule has 1 N–H and O–H groups in total. The molecule has 0 aliphatic carbocycles. The number of aromatic nitrogens is 1. The van der Waals surface area contributed by atoms with Crippen molar-refractivity contribution in [1.29, 1.82) is 0 Å². The van der Waals surface area contributed by atoms with Gasteiger partial charge in [0.1, 0.15) is 0 Å². The van der Waals surface area contributed by atoms with Gasteiger partial charge in [-0.05, 0) is 11.6 Å². The number of amides is 1. The first kappa shape index (κ1) is 17.4. The van der Waals surface area contributed by atoms with Gasteiger partial charge in [0.05, 0.1) is 0 Å². The topological polar surface area (TPSA) is 68.2 Å². The van der Waals surface area contributed by atoms with E-state index in [1.807, 2.05) is 30.3 Å². The molecule has 0 unspecified atom stereocenters. The molecule has 1 heterocycles. The molecule has 5 heteroatoms. The SMILES string of the molecule is O=C(NCc1ccccc1)[C@H](C(=O)c1ccccc1)n1ccccc1=O. The molecule has 0 saturated heterocycles. The Kier molecular flexibility index (Phi) is 5.39. The summed E-state index contributed by atoms with van der Waals surface area (Å²) in [5, 5.41) is 2.76. The molecule has 0 aliphatic heterocycles. The summed E-state index contributed by atoms with van der Waals surface area (Å²) in [6, 6.07) is 21.2. The highest BCUT2D eigenvalue weighted by Gasteiger charge is 2.29. The van der Waals surface area contributed by atoms with Crippen molar-refractivity contribution in [3.05, 3.63) is 107 Å². The Morgan fingerprint density at radius 3 is 2.12 bits per heavy atom. The predicted octanol–water partition coefficient (Wildman–Crippen LogP) is 2.59. The van der Waals surface area contributed by atoms with E-state index >= 15 is 0 Å². The lowest BCUT2D eigenvalue weighted by atomic mass is 10.0. The summed E-state index contributed by atoms with van der Waals surface area (Å²) in [7, 11) is 0. The van der Waals surface area contributed by atoms with Gasteiger partial charge >= 0.3 is 0 Å². The maximum atomic E-state index is 12.9. The Morgan fingerprint density at radius 2 is 1.46 bits per heavy atom. The summed E-state index contributed by atoms with van der Waals surface area (Å²) in [5.74, 6) is -0.944. The molecule has 0 aliphatic rings. The highest BCUT2D eigenvalue weighted by atomic mass is 16.2. The summed E-state index contributed by atoms with van der Waals surface area (Å²) in [6.45, 7) is 0.278. The van der Waals surface area contributed by atoms with Gasteiger partial charge in [-0.15, -0.1) is 0 Å². The highest BCUT2D eigenvalue weighted by Crippen LogP contribution is 2.14. The third-order valence-corrected chi connectivity index (χ3v) is 3.99. The van der Waals surface area contributed by atoms with E-state index in [1.165, 1.54) is 12.3 Å². The van der Waals surface area contributed by atoms with Crippen LogP contribution in [0.5, 0.6) is 0 Å². The Hall–Kier alpha value is -3.47. The zero-order valence-corrected chi connectivity index (χ0v) is 14.0. The van der Waals surface area contributed by atoms with Gasteiger partial charge < -0.3 is 5.32 Å². The van der Waals surface area contributed by atoms with E-state index in [0.29, 0.717) is 5.56 Å². The number of Topliss-reactive ketones (excluding diaryl/α,β-unsaturated/α-hetero) is 1. The molecular formula is C21H18N2O3. The van der Waals surface area contributed by atoms with Crippen LogP contribution in [0.3, 0.4) is 0 Å². The third-order valence-electron chi connectivity index (χ3n) is 3.99. The van der Waals surface area contributed by atoms with Crippen LogP contribution in [0.15, 0.2) is 89.9 Å². The van der Waals surface area contributed by atoms with Crippen LogP contribution in [0, 0.1) is 0 Å². The second-order valence-electron chi connectivity index (χ2n) is 5.78. The van der Waals surface area contributed by atoms with E-state index in [0.717, 1.165) is 10.1 Å². The van der Waals surface area contributed by atoms with Crippen molar-refractivity contribution in [2.24, 2.45) is 0 Å². The molecule has 0 radical (unpaired) electrons. The van der Waals surface area contributed by atoms with Gasteiger partial charge in [0.2, 0.25) is 0 Å². The van der Waals surface area contributed by atoms with E-state index in [4.69, 9.17) is 0 Å². The molecule has 26 heavy (non-hydrogen) atoms. The van der Waals surface area contributed by atoms with Crippen molar-refractivity contribution in [2.75, 3.05) is 0 Å². The highest BCUT2D eigenvalue weighted by molar-refractivity contribution is 6.11. The lowest BCUT2D eigenvalue weighted by Gasteiger charge is -2.18. The number of benzene rings is 2. The first-order chi connectivity index (χ1) is 12.7. The number of rotatable bonds is 6. The van der Waals surface area contributed by atoms with Crippen LogP contribution < -0.4 is 10.9 Å². The minimum Gasteiger partial charge on any atom is -0.350 e. The molecular weight excluding hydrogens is 328 g/mol. The first-order valence-electron chi connectivity index (χ1n) is 8.25. The molecule has 2 aromatic carbocycles. The Labute approximate surface area is 150 Å². The van der Waals surface area contributed by atoms with Gasteiger partial charge in [-0.1, -0.05) is 66.7 Å². The molecule has 0 fully saturated rings. The molecule has 1 aromatic heterocycles. The predicted molar refractivity (Wildman–Crippen MR) is 98.8 cm³/mol. The van der Waals surface area contributed by atoms with Gasteiger partial charge in [0.15, 0.2) is 11.8 Å². The summed E-state index contributed by atoms with van der Waals surface area (Å²) < 4.78 is 1.16. The molecule has 0 bridgehead atoms. The average Bonchev–Trinajstić information content (AvgIpc) is 2.69. The maximum absolute atomic E-state index is 12.9. The Balaban J connectivity index is 1.90. The van der Waals surface area contributed by atoms with E-state index in [9.17, 15) is 14.4 Å². The number of pyridine rings is 1. The molecule has 3 aromatic rings. The van der Waals surface area contributed by atoms with Crippen molar-refractivity contribution in [3.63, 3.8) is 0 Å². The number of carbonyl (C=O) groups excluding carboxylic acids is 2. The number of nitrogens with zero attached hydrogens (tertiary/aromatic N) is 1. The zero-order valence-electron chi connectivity index (χ0n) is 14.0. The van der Waals surface area contributed by atoms with Crippen molar-refractivity contribution in [1.82, 2.24) is 9.88 Å². The quantitative estimate of drug-likeness (QED) is 0.551. The van der Waals surface area contributed by atoms with Crippen LogP contribution in [-0.4, -0.2) is 16.3 Å². The van der Waals surface area contributed by atoms with Gasteiger partial charge in [-0.2, -0.15) is 0 Å². The summed E-state index contributed by atoms with van der Waals surface area (Å²) in [4.78, 5) is 37.9. The number of carbonyl (C=O) groups is 2. The smallest absolute Gasteiger partial charge is 0.251 e. The van der Waals surface area contributed by atoms with Crippen molar-refractivity contribution >= 4 is 11.7 Å². The Morgan fingerprint density at radius 1 is 0.846 bits per heavy atom. The molecule has 1 amide bonds. The van der Waals surface area contributed by atoms with Crippen LogP contribution in [0.2, 0.25) is 0 Å². The molecule has 3 rings (SSSR count). The number of hydrogen-bond acceptors (Lipinski definition) is 3. The fraction of sp³-hybridized carbons (Fsp3) is 0.0952. The maximum Gasteiger partial charge on any atom is 0.251 e. The van der Waals surface area contributed by atoms with Crippen LogP contribution in [0.4, 0.5) is 0 Å². The average molecular weight is 346 g/mol. The van der Waals surface area contributed by atoms with Gasteiger partial charge in [-0.3, -0.25) is 19.0 Å². The molecule has 1 atom stereocenters.